The zero-order valence-corrected chi connectivity index (χ0v) is 21.5. The largest absolute Gasteiger partial charge is 1.00 e. The third-order valence-electron chi connectivity index (χ3n) is 5.99. The van der Waals surface area contributed by atoms with Gasteiger partial charge in [-0.3, -0.25) is 4.79 Å². The predicted molar refractivity (Wildman–Crippen MR) is 128 cm³/mol. The lowest BCUT2D eigenvalue weighted by Gasteiger charge is -2.34. The molecular weight excluding hydrogens is 458 g/mol. The number of allylic oxidation sites excluding steroid dienone is 1. The Balaban J connectivity index is 0.00000578. The molecule has 0 unspecified atom stereocenters. The van der Waals surface area contributed by atoms with Crippen molar-refractivity contribution >= 4 is 17.8 Å². The SMILES string of the molecule is CC[N+](CC)(CC)CC(=O)Oc1cc(OC)cc(OC)c1C(=O)C=Cc1ccc(OC)cc1.[Cl-]. The van der Waals surface area contributed by atoms with Gasteiger partial charge < -0.3 is 35.8 Å². The first kappa shape index (κ1) is 29.0. The maximum atomic E-state index is 13.1. The summed E-state index contributed by atoms with van der Waals surface area (Å²) in [6.45, 7) is 8.77. The first-order chi connectivity index (χ1) is 15.8. The number of quaternary nitrogens is 1. The Morgan fingerprint density at radius 3 is 1.88 bits per heavy atom. The van der Waals surface area contributed by atoms with Gasteiger partial charge in [0.1, 0.15) is 28.6 Å². The van der Waals surface area contributed by atoms with E-state index in [1.165, 1.54) is 26.4 Å². The fourth-order valence-electron chi connectivity index (χ4n) is 3.57. The fourth-order valence-corrected chi connectivity index (χ4v) is 3.57. The van der Waals surface area contributed by atoms with Gasteiger partial charge in [-0.15, -0.1) is 0 Å². The molecule has 0 fully saturated rings. The summed E-state index contributed by atoms with van der Waals surface area (Å²) in [6, 6.07) is 10.4. The van der Waals surface area contributed by atoms with E-state index in [0.29, 0.717) is 10.2 Å². The van der Waals surface area contributed by atoms with Crippen LogP contribution in [0.1, 0.15) is 36.7 Å². The van der Waals surface area contributed by atoms with E-state index in [9.17, 15) is 9.59 Å². The minimum Gasteiger partial charge on any atom is -1.00 e. The van der Waals surface area contributed by atoms with E-state index in [0.717, 1.165) is 30.9 Å². The molecule has 0 aromatic heterocycles. The van der Waals surface area contributed by atoms with Gasteiger partial charge in [0, 0.05) is 12.1 Å². The summed E-state index contributed by atoms with van der Waals surface area (Å²) in [7, 11) is 4.55. The summed E-state index contributed by atoms with van der Waals surface area (Å²) < 4.78 is 22.2. The Kier molecular flexibility index (Phi) is 11.6. The first-order valence-electron chi connectivity index (χ1n) is 11.0. The zero-order chi connectivity index (χ0) is 24.4. The van der Waals surface area contributed by atoms with Crippen molar-refractivity contribution in [2.75, 3.05) is 47.5 Å². The maximum Gasteiger partial charge on any atom is 0.367 e. The molecule has 0 atom stereocenters. The number of nitrogens with zero attached hydrogens (tertiary/aromatic N) is 1. The highest BCUT2D eigenvalue weighted by molar-refractivity contribution is 6.11. The number of methoxy groups -OCH3 is 3. The van der Waals surface area contributed by atoms with Crippen molar-refractivity contribution in [3.05, 3.63) is 53.6 Å². The summed E-state index contributed by atoms with van der Waals surface area (Å²) in [4.78, 5) is 26.0. The average molecular weight is 492 g/mol. The Hall–Kier alpha value is -3.03. The molecular formula is C26H34ClNO6. The molecule has 2 aromatic carbocycles. The Labute approximate surface area is 208 Å². The number of ketones is 1. The van der Waals surface area contributed by atoms with Crippen molar-refractivity contribution in [1.29, 1.82) is 0 Å². The summed E-state index contributed by atoms with van der Waals surface area (Å²) in [6.07, 6.45) is 3.11. The Morgan fingerprint density at radius 2 is 1.38 bits per heavy atom. The highest BCUT2D eigenvalue weighted by Crippen LogP contribution is 2.35. The number of rotatable bonds is 12. The molecule has 0 spiro atoms. The van der Waals surface area contributed by atoms with Gasteiger partial charge in [0.2, 0.25) is 0 Å². The van der Waals surface area contributed by atoms with Crippen molar-refractivity contribution in [1.82, 2.24) is 0 Å². The van der Waals surface area contributed by atoms with Gasteiger partial charge in [0.05, 0.1) is 41.0 Å². The van der Waals surface area contributed by atoms with Gasteiger partial charge in [-0.1, -0.05) is 18.2 Å². The third kappa shape index (κ3) is 7.23. The number of esters is 1. The minimum atomic E-state index is -0.413. The van der Waals surface area contributed by atoms with E-state index in [2.05, 4.69) is 0 Å². The van der Waals surface area contributed by atoms with Gasteiger partial charge in [0.25, 0.3) is 0 Å². The van der Waals surface area contributed by atoms with E-state index < -0.39 is 5.97 Å². The van der Waals surface area contributed by atoms with E-state index >= 15 is 0 Å². The normalized spacial score (nSPS) is 11.0. The van der Waals surface area contributed by atoms with Crippen molar-refractivity contribution in [2.24, 2.45) is 0 Å². The molecule has 0 heterocycles. The standard InChI is InChI=1S/C26H34NO6.ClH/c1-7-27(8-2,9-3)18-25(29)33-24-17-21(31-5)16-23(32-6)26(24)22(28)15-12-19-10-13-20(30-4)14-11-19;/h10-17H,7-9,18H2,1-6H3;1H/q+1;/p-1. The monoisotopic (exact) mass is 491 g/mol. The molecule has 34 heavy (non-hydrogen) atoms. The first-order valence-corrected chi connectivity index (χ1v) is 11.0. The van der Waals surface area contributed by atoms with Crippen LogP contribution in [-0.2, 0) is 4.79 Å². The molecule has 0 radical (unpaired) electrons. The lowest BCUT2D eigenvalue weighted by Crippen LogP contribution is -3.00. The van der Waals surface area contributed by atoms with Crippen LogP contribution in [0.5, 0.6) is 23.0 Å². The second-order valence-corrected chi connectivity index (χ2v) is 7.60. The smallest absolute Gasteiger partial charge is 0.367 e. The molecule has 7 nitrogen and oxygen atoms in total. The number of carbonyl (C=O) groups excluding carboxylic acids is 2. The number of hydrogen-bond donors (Lipinski definition) is 0. The molecule has 8 heteroatoms. The Morgan fingerprint density at radius 1 is 0.824 bits per heavy atom. The molecule has 0 saturated heterocycles. The van der Waals surface area contributed by atoms with Gasteiger partial charge in [0.15, 0.2) is 12.3 Å². The number of benzene rings is 2. The molecule has 0 saturated carbocycles. The van der Waals surface area contributed by atoms with Crippen LogP contribution in [0.25, 0.3) is 6.08 Å². The van der Waals surface area contributed by atoms with Crippen LogP contribution in [0, 0.1) is 0 Å². The fraction of sp³-hybridized carbons (Fsp3) is 0.385. The lowest BCUT2D eigenvalue weighted by atomic mass is 10.1. The molecule has 2 aromatic rings. The highest BCUT2D eigenvalue weighted by atomic mass is 35.5. The second kappa shape index (κ2) is 13.6. The number of hydrogen-bond acceptors (Lipinski definition) is 6. The minimum absolute atomic E-state index is 0. The highest BCUT2D eigenvalue weighted by Gasteiger charge is 2.28. The van der Waals surface area contributed by atoms with Crippen LogP contribution in [0.3, 0.4) is 0 Å². The number of likely N-dealkylation sites (N-methyl/N-ethyl adjacent to an activating group) is 1. The number of halogens is 1. The molecule has 0 aliphatic rings. The van der Waals surface area contributed by atoms with Crippen molar-refractivity contribution in [3.63, 3.8) is 0 Å². The topological polar surface area (TPSA) is 71.1 Å². The van der Waals surface area contributed by atoms with Gasteiger partial charge >= 0.3 is 5.97 Å². The van der Waals surface area contributed by atoms with Crippen LogP contribution in [0.4, 0.5) is 0 Å². The van der Waals surface area contributed by atoms with Gasteiger partial charge in [-0.25, -0.2) is 4.79 Å². The molecule has 186 valence electrons. The zero-order valence-electron chi connectivity index (χ0n) is 20.7. The molecule has 2 rings (SSSR count). The van der Waals surface area contributed by atoms with Crippen LogP contribution in [0.15, 0.2) is 42.5 Å². The van der Waals surface area contributed by atoms with Crippen LogP contribution >= 0.6 is 0 Å². The average Bonchev–Trinajstić information content (AvgIpc) is 2.85. The quantitative estimate of drug-likeness (QED) is 0.147. The van der Waals surface area contributed by atoms with E-state index in [-0.39, 0.29) is 41.8 Å². The summed E-state index contributed by atoms with van der Waals surface area (Å²) >= 11 is 0. The predicted octanol–water partition coefficient (Wildman–Crippen LogP) is 1.39. The van der Waals surface area contributed by atoms with Crippen molar-refractivity contribution < 1.29 is 45.4 Å². The van der Waals surface area contributed by atoms with Crippen LogP contribution < -0.4 is 31.4 Å². The number of carbonyl (C=O) groups is 2. The molecule has 0 aliphatic carbocycles. The maximum absolute atomic E-state index is 13.1. The van der Waals surface area contributed by atoms with E-state index in [4.69, 9.17) is 18.9 Å². The Bertz CT molecular complexity index is 975. The van der Waals surface area contributed by atoms with Gasteiger partial charge in [-0.05, 0) is 44.5 Å². The van der Waals surface area contributed by atoms with E-state index in [1.54, 1.807) is 19.3 Å². The van der Waals surface area contributed by atoms with Gasteiger partial charge in [-0.2, -0.15) is 0 Å². The third-order valence-corrected chi connectivity index (χ3v) is 5.99. The lowest BCUT2D eigenvalue weighted by molar-refractivity contribution is -0.916. The van der Waals surface area contributed by atoms with Crippen molar-refractivity contribution in [2.45, 2.75) is 20.8 Å². The van der Waals surface area contributed by atoms with Crippen molar-refractivity contribution in [3.8, 4) is 23.0 Å². The van der Waals surface area contributed by atoms with E-state index in [1.807, 2.05) is 45.0 Å². The van der Waals surface area contributed by atoms with Crippen LogP contribution in [-0.4, -0.2) is 63.7 Å². The second-order valence-electron chi connectivity index (χ2n) is 7.60. The molecule has 0 bridgehead atoms. The molecule has 0 amide bonds. The summed E-state index contributed by atoms with van der Waals surface area (Å²) in [5, 5.41) is 0. The summed E-state index contributed by atoms with van der Waals surface area (Å²) in [5.74, 6) is 0.767. The summed E-state index contributed by atoms with van der Waals surface area (Å²) in [5.41, 5.74) is 0.991. The molecule has 0 N–H and O–H groups in total. The number of ether oxygens (including phenoxy) is 4. The molecule has 0 aliphatic heterocycles. The van der Waals surface area contributed by atoms with Crippen LogP contribution in [0.2, 0.25) is 0 Å².